The number of aliphatic imine (C=N–C) groups is 1. The van der Waals surface area contributed by atoms with E-state index in [4.69, 9.17) is 0 Å². The molecule has 0 unspecified atom stereocenters. The van der Waals surface area contributed by atoms with Gasteiger partial charge in [0, 0.05) is 57.9 Å². The minimum absolute atomic E-state index is 0. The fourth-order valence-corrected chi connectivity index (χ4v) is 2.88. The number of amides is 1. The van der Waals surface area contributed by atoms with Gasteiger partial charge in [-0.1, -0.05) is 6.92 Å². The Hall–Kier alpha value is -1.58. The van der Waals surface area contributed by atoms with Crippen LogP contribution in [-0.4, -0.2) is 62.6 Å². The summed E-state index contributed by atoms with van der Waals surface area (Å²) in [6, 6.07) is 6.52. The largest absolute Gasteiger partial charge is 0.368 e. The highest BCUT2D eigenvalue weighted by molar-refractivity contribution is 14.0. The maximum Gasteiger partial charge on any atom is 0.224 e. The molecule has 0 bridgehead atoms. The van der Waals surface area contributed by atoms with Gasteiger partial charge in [-0.3, -0.25) is 9.79 Å². The van der Waals surface area contributed by atoms with Gasteiger partial charge in [-0.05, 0) is 37.6 Å². The molecule has 0 spiro atoms. The predicted molar refractivity (Wildman–Crippen MR) is 119 cm³/mol. The third-order valence-electron chi connectivity index (χ3n) is 4.29. The predicted octanol–water partition coefficient (Wildman–Crippen LogP) is 2.45. The lowest BCUT2D eigenvalue weighted by molar-refractivity contribution is -0.131. The topological polar surface area (TPSA) is 60.0 Å². The number of piperazine rings is 1. The lowest BCUT2D eigenvalue weighted by Crippen LogP contribution is -2.49. The molecular weight excluding hydrogens is 460 g/mol. The van der Waals surface area contributed by atoms with Crippen molar-refractivity contribution < 1.29 is 9.18 Å². The van der Waals surface area contributed by atoms with Gasteiger partial charge in [0.1, 0.15) is 5.82 Å². The molecule has 1 saturated heterocycles. The number of hydrogen-bond donors (Lipinski definition) is 2. The Kier molecular flexibility index (Phi) is 11.1. The fourth-order valence-electron chi connectivity index (χ4n) is 2.88. The van der Waals surface area contributed by atoms with Crippen molar-refractivity contribution >= 4 is 41.5 Å². The van der Waals surface area contributed by atoms with Crippen LogP contribution in [0.25, 0.3) is 0 Å². The molecule has 27 heavy (non-hydrogen) atoms. The van der Waals surface area contributed by atoms with Gasteiger partial charge in [-0.25, -0.2) is 4.39 Å². The summed E-state index contributed by atoms with van der Waals surface area (Å²) in [5.41, 5.74) is 1.00. The molecule has 0 aliphatic carbocycles. The molecule has 1 amide bonds. The second-order valence-electron chi connectivity index (χ2n) is 6.28. The number of carbonyl (C=O) groups is 1. The molecule has 6 nitrogen and oxygen atoms in total. The standard InChI is InChI=1S/C19H30FN5O.HI/c1-3-10-22-19(21-4-2)23-11-9-18(26)25-14-12-24(13-15-25)17-7-5-16(20)6-8-17;/h5-8H,3-4,9-15H2,1-2H3,(H2,21,22,23);1H. The summed E-state index contributed by atoms with van der Waals surface area (Å²) in [7, 11) is 0. The van der Waals surface area contributed by atoms with Crippen molar-refractivity contribution in [2.24, 2.45) is 4.99 Å². The lowest BCUT2D eigenvalue weighted by atomic mass is 10.2. The van der Waals surface area contributed by atoms with Crippen LogP contribution in [0.1, 0.15) is 26.7 Å². The minimum atomic E-state index is -0.227. The van der Waals surface area contributed by atoms with Crippen molar-refractivity contribution in [3.05, 3.63) is 30.1 Å². The molecule has 1 aromatic carbocycles. The summed E-state index contributed by atoms with van der Waals surface area (Å²) in [6.07, 6.45) is 1.45. The van der Waals surface area contributed by atoms with Gasteiger partial charge in [0.2, 0.25) is 5.91 Å². The van der Waals surface area contributed by atoms with Crippen LogP contribution < -0.4 is 15.5 Å². The summed E-state index contributed by atoms with van der Waals surface area (Å²) >= 11 is 0. The van der Waals surface area contributed by atoms with E-state index in [9.17, 15) is 9.18 Å². The molecule has 1 fully saturated rings. The number of anilines is 1. The summed E-state index contributed by atoms with van der Waals surface area (Å²) in [5.74, 6) is 0.695. The summed E-state index contributed by atoms with van der Waals surface area (Å²) in [6.45, 7) is 9.18. The van der Waals surface area contributed by atoms with Gasteiger partial charge < -0.3 is 20.4 Å². The van der Waals surface area contributed by atoms with Gasteiger partial charge >= 0.3 is 0 Å². The van der Waals surface area contributed by atoms with E-state index < -0.39 is 0 Å². The maximum atomic E-state index is 13.0. The molecule has 1 aromatic rings. The van der Waals surface area contributed by atoms with Gasteiger partial charge in [0.05, 0.1) is 0 Å². The van der Waals surface area contributed by atoms with E-state index in [1.165, 1.54) is 12.1 Å². The average molecular weight is 491 g/mol. The van der Waals surface area contributed by atoms with Crippen LogP contribution in [0.4, 0.5) is 10.1 Å². The van der Waals surface area contributed by atoms with Crippen LogP contribution in [0.15, 0.2) is 29.3 Å². The molecule has 1 aliphatic rings. The third kappa shape index (κ3) is 7.90. The van der Waals surface area contributed by atoms with Crippen molar-refractivity contribution in [3.8, 4) is 0 Å². The van der Waals surface area contributed by atoms with Crippen molar-refractivity contribution in [1.29, 1.82) is 0 Å². The highest BCUT2D eigenvalue weighted by atomic mass is 127. The first kappa shape index (κ1) is 23.5. The maximum absolute atomic E-state index is 13.0. The average Bonchev–Trinajstić information content (AvgIpc) is 2.66. The van der Waals surface area contributed by atoms with Crippen LogP contribution in [0, 0.1) is 5.82 Å². The molecule has 0 radical (unpaired) electrons. The first-order valence-corrected chi connectivity index (χ1v) is 9.44. The molecule has 1 heterocycles. The Morgan fingerprint density at radius 1 is 1.11 bits per heavy atom. The molecule has 2 N–H and O–H groups in total. The third-order valence-corrected chi connectivity index (χ3v) is 4.29. The molecule has 1 aliphatic heterocycles. The Morgan fingerprint density at radius 3 is 2.37 bits per heavy atom. The lowest BCUT2D eigenvalue weighted by Gasteiger charge is -2.36. The smallest absolute Gasteiger partial charge is 0.224 e. The molecule has 8 heteroatoms. The summed E-state index contributed by atoms with van der Waals surface area (Å²) < 4.78 is 13.0. The van der Waals surface area contributed by atoms with E-state index in [1.807, 2.05) is 11.8 Å². The number of carbonyl (C=O) groups excluding carboxylic acids is 1. The van der Waals surface area contributed by atoms with Crippen LogP contribution in [0.3, 0.4) is 0 Å². The van der Waals surface area contributed by atoms with E-state index >= 15 is 0 Å². The highest BCUT2D eigenvalue weighted by Gasteiger charge is 2.21. The summed E-state index contributed by atoms with van der Waals surface area (Å²) in [5, 5.41) is 6.39. The normalized spacial score (nSPS) is 14.6. The number of benzene rings is 1. The van der Waals surface area contributed by atoms with Crippen molar-refractivity contribution in [2.75, 3.05) is 50.7 Å². The highest BCUT2D eigenvalue weighted by Crippen LogP contribution is 2.17. The zero-order chi connectivity index (χ0) is 18.8. The van der Waals surface area contributed by atoms with Gasteiger partial charge in [0.25, 0.3) is 0 Å². The molecule has 0 atom stereocenters. The van der Waals surface area contributed by atoms with Gasteiger partial charge in [-0.15, -0.1) is 24.0 Å². The van der Waals surface area contributed by atoms with E-state index in [-0.39, 0.29) is 35.7 Å². The first-order valence-electron chi connectivity index (χ1n) is 9.44. The van der Waals surface area contributed by atoms with E-state index in [1.54, 1.807) is 12.1 Å². The molecule has 2 rings (SSSR count). The number of rotatable bonds is 7. The Labute approximate surface area is 178 Å². The van der Waals surface area contributed by atoms with Crippen LogP contribution in [0.2, 0.25) is 0 Å². The molecule has 0 saturated carbocycles. The van der Waals surface area contributed by atoms with Gasteiger partial charge in [0.15, 0.2) is 5.96 Å². The fraction of sp³-hybridized carbons (Fsp3) is 0.579. The minimum Gasteiger partial charge on any atom is -0.368 e. The van der Waals surface area contributed by atoms with Crippen molar-refractivity contribution in [1.82, 2.24) is 15.5 Å². The Balaban J connectivity index is 0.00000364. The second kappa shape index (κ2) is 12.7. The monoisotopic (exact) mass is 491 g/mol. The van der Waals surface area contributed by atoms with Crippen LogP contribution in [-0.2, 0) is 4.79 Å². The molecule has 152 valence electrons. The Bertz CT molecular complexity index is 588. The molecular formula is C19H31FIN5O. The van der Waals surface area contributed by atoms with E-state index in [2.05, 4.69) is 27.4 Å². The van der Waals surface area contributed by atoms with Crippen molar-refractivity contribution in [3.63, 3.8) is 0 Å². The van der Waals surface area contributed by atoms with Crippen LogP contribution >= 0.6 is 24.0 Å². The van der Waals surface area contributed by atoms with E-state index in [0.717, 1.165) is 44.2 Å². The SMILES string of the molecule is CCCN=C(NCC)NCCC(=O)N1CCN(c2ccc(F)cc2)CC1.I. The number of halogens is 2. The van der Waals surface area contributed by atoms with Gasteiger partial charge in [-0.2, -0.15) is 0 Å². The van der Waals surface area contributed by atoms with E-state index in [0.29, 0.717) is 26.1 Å². The zero-order valence-electron chi connectivity index (χ0n) is 16.2. The number of guanidine groups is 1. The quantitative estimate of drug-likeness (QED) is 0.350. The summed E-state index contributed by atoms with van der Waals surface area (Å²) in [4.78, 5) is 20.9. The van der Waals surface area contributed by atoms with Crippen LogP contribution in [0.5, 0.6) is 0 Å². The number of hydrogen-bond acceptors (Lipinski definition) is 3. The number of nitrogens with zero attached hydrogens (tertiary/aromatic N) is 3. The molecule has 0 aromatic heterocycles. The number of nitrogens with one attached hydrogen (secondary N) is 2. The zero-order valence-corrected chi connectivity index (χ0v) is 18.5. The first-order chi connectivity index (χ1) is 12.6. The second-order valence-corrected chi connectivity index (χ2v) is 6.28. The Morgan fingerprint density at radius 2 is 1.78 bits per heavy atom. The van der Waals surface area contributed by atoms with Crippen molar-refractivity contribution in [2.45, 2.75) is 26.7 Å².